The second kappa shape index (κ2) is 10.9. The van der Waals surface area contributed by atoms with Gasteiger partial charge >= 0.3 is 5.97 Å². The van der Waals surface area contributed by atoms with E-state index in [1.165, 1.54) is 6.20 Å². The van der Waals surface area contributed by atoms with Crippen LogP contribution in [0.25, 0.3) is 16.8 Å². The molecule has 9 nitrogen and oxygen atoms in total. The molecule has 6 rings (SSSR count). The topological polar surface area (TPSA) is 106 Å². The van der Waals surface area contributed by atoms with E-state index < -0.39 is 11.8 Å². The fourth-order valence-corrected chi connectivity index (χ4v) is 6.23. The normalized spacial score (nSPS) is 20.3. The number of rotatable bonds is 8. The predicted octanol–water partition coefficient (Wildman–Crippen LogP) is 5.57. The van der Waals surface area contributed by atoms with Crippen LogP contribution in [0.5, 0.6) is 0 Å². The van der Waals surface area contributed by atoms with Crippen LogP contribution in [0.4, 0.5) is 4.39 Å². The van der Waals surface area contributed by atoms with Gasteiger partial charge in [0.1, 0.15) is 11.4 Å². The molecule has 1 N–H and O–H groups in total. The van der Waals surface area contributed by atoms with Crippen LogP contribution in [0.15, 0.2) is 54.9 Å². The van der Waals surface area contributed by atoms with Crippen molar-refractivity contribution in [2.45, 2.75) is 63.3 Å². The Morgan fingerprint density at radius 2 is 1.93 bits per heavy atom. The first-order valence-electron chi connectivity index (χ1n) is 14.2. The summed E-state index contributed by atoms with van der Waals surface area (Å²) in [6.07, 6.45) is 8.80. The lowest BCUT2D eigenvalue weighted by molar-refractivity contribution is 0.0595. The zero-order valence-electron chi connectivity index (χ0n) is 23.2. The van der Waals surface area contributed by atoms with Crippen molar-refractivity contribution in [1.82, 2.24) is 29.7 Å². The van der Waals surface area contributed by atoms with Gasteiger partial charge in [-0.3, -0.25) is 9.48 Å². The molecular formula is C31H33FN6O3. The first-order chi connectivity index (χ1) is 19.9. The molecule has 1 aliphatic heterocycles. The van der Waals surface area contributed by atoms with Crippen molar-refractivity contribution in [1.29, 1.82) is 0 Å². The summed E-state index contributed by atoms with van der Waals surface area (Å²) in [6.45, 7) is 2.75. The van der Waals surface area contributed by atoms with Gasteiger partial charge in [0, 0.05) is 43.2 Å². The largest absolute Gasteiger partial charge is 0.478 e. The number of benzene rings is 2. The number of nitrogens with zero attached hydrogens (tertiary/aromatic N) is 6. The number of amides is 1. The molecule has 0 radical (unpaired) electrons. The first-order valence-corrected chi connectivity index (χ1v) is 14.2. The van der Waals surface area contributed by atoms with E-state index in [0.717, 1.165) is 44.2 Å². The molecule has 2 aromatic carbocycles. The van der Waals surface area contributed by atoms with E-state index in [0.29, 0.717) is 29.1 Å². The lowest BCUT2D eigenvalue weighted by Gasteiger charge is -2.36. The minimum Gasteiger partial charge on any atom is -0.478 e. The van der Waals surface area contributed by atoms with Crippen LogP contribution < -0.4 is 0 Å². The Labute approximate surface area is 237 Å². The summed E-state index contributed by atoms with van der Waals surface area (Å²) in [5.41, 5.74) is 3.12. The molecule has 0 spiro atoms. The highest BCUT2D eigenvalue weighted by Crippen LogP contribution is 2.55. The standard InChI is InChI=1S/C31H33FN6O3/c1-3-8-20-10-4-5-14-37(20)30(39)23-13-7-12-22(28(23)32)19-9-6-11-21(15-19)38-29(26(17-33-38)31(40)41)25-16-24(25)27-18-36(2)35-34-27/h6-7,9,11-13,15,17-18,20,24-25H,3-5,8,10,14,16H2,1-2H3,(H,40,41). The summed E-state index contributed by atoms with van der Waals surface area (Å²) in [4.78, 5) is 27.5. The van der Waals surface area contributed by atoms with Gasteiger partial charge in [-0.05, 0) is 55.9 Å². The number of hydrogen-bond acceptors (Lipinski definition) is 5. The van der Waals surface area contributed by atoms with Crippen molar-refractivity contribution in [3.05, 3.63) is 83.2 Å². The van der Waals surface area contributed by atoms with Crippen molar-refractivity contribution in [2.75, 3.05) is 6.54 Å². The number of aromatic nitrogens is 5. The summed E-state index contributed by atoms with van der Waals surface area (Å²) >= 11 is 0. The molecular weight excluding hydrogens is 523 g/mol. The van der Waals surface area contributed by atoms with Crippen LogP contribution in [-0.4, -0.2) is 59.2 Å². The van der Waals surface area contributed by atoms with Gasteiger partial charge in [0.15, 0.2) is 0 Å². The Morgan fingerprint density at radius 1 is 1.10 bits per heavy atom. The maximum atomic E-state index is 16.0. The van der Waals surface area contributed by atoms with E-state index in [2.05, 4.69) is 22.3 Å². The van der Waals surface area contributed by atoms with Crippen molar-refractivity contribution in [3.8, 4) is 16.8 Å². The fraction of sp³-hybridized carbons (Fsp3) is 0.387. The Morgan fingerprint density at radius 3 is 2.68 bits per heavy atom. The van der Waals surface area contributed by atoms with Crippen LogP contribution >= 0.6 is 0 Å². The smallest absolute Gasteiger partial charge is 0.339 e. The van der Waals surface area contributed by atoms with Gasteiger partial charge in [-0.2, -0.15) is 5.10 Å². The third-order valence-electron chi connectivity index (χ3n) is 8.32. The second-order valence-corrected chi connectivity index (χ2v) is 11.1. The van der Waals surface area contributed by atoms with Gasteiger partial charge in [-0.15, -0.1) is 5.10 Å². The Hall–Kier alpha value is -4.34. The number of hydrogen-bond donors (Lipinski definition) is 1. The molecule has 1 saturated heterocycles. The average Bonchev–Trinajstić information content (AvgIpc) is 3.42. The fourth-order valence-electron chi connectivity index (χ4n) is 6.23. The lowest BCUT2D eigenvalue weighted by Crippen LogP contribution is -2.44. The maximum Gasteiger partial charge on any atom is 0.339 e. The van der Waals surface area contributed by atoms with Crippen LogP contribution in [0.2, 0.25) is 0 Å². The van der Waals surface area contributed by atoms with Crippen molar-refractivity contribution >= 4 is 11.9 Å². The molecule has 3 unspecified atom stereocenters. The summed E-state index contributed by atoms with van der Waals surface area (Å²) in [7, 11) is 1.80. The molecule has 3 heterocycles. The summed E-state index contributed by atoms with van der Waals surface area (Å²) in [5, 5.41) is 22.6. The molecule has 4 aromatic rings. The minimum atomic E-state index is -1.05. The monoisotopic (exact) mass is 556 g/mol. The Balaban J connectivity index is 1.34. The number of carbonyl (C=O) groups is 2. The SMILES string of the molecule is CCCC1CCCCN1C(=O)c1cccc(-c2cccc(-n3ncc(C(=O)O)c3C3CC3c3cn(C)nn3)c2)c1F. The van der Waals surface area contributed by atoms with E-state index in [4.69, 9.17) is 0 Å². The van der Waals surface area contributed by atoms with E-state index >= 15 is 4.39 Å². The van der Waals surface area contributed by atoms with Gasteiger partial charge in [-0.1, -0.05) is 42.8 Å². The van der Waals surface area contributed by atoms with Gasteiger partial charge in [0.05, 0.1) is 28.8 Å². The van der Waals surface area contributed by atoms with Crippen molar-refractivity contribution < 1.29 is 19.1 Å². The highest BCUT2D eigenvalue weighted by Gasteiger charge is 2.46. The van der Waals surface area contributed by atoms with E-state index in [1.807, 2.05) is 17.2 Å². The third kappa shape index (κ3) is 5.03. The number of likely N-dealkylation sites (tertiary alicyclic amines) is 1. The molecule has 1 saturated carbocycles. The molecule has 41 heavy (non-hydrogen) atoms. The average molecular weight is 557 g/mol. The molecule has 1 amide bonds. The van der Waals surface area contributed by atoms with E-state index in [9.17, 15) is 14.7 Å². The molecule has 2 aromatic heterocycles. The van der Waals surface area contributed by atoms with Crippen molar-refractivity contribution in [2.24, 2.45) is 7.05 Å². The highest BCUT2D eigenvalue weighted by atomic mass is 19.1. The van der Waals surface area contributed by atoms with Gasteiger partial charge in [0.2, 0.25) is 0 Å². The van der Waals surface area contributed by atoms with Crippen LogP contribution in [-0.2, 0) is 7.05 Å². The van der Waals surface area contributed by atoms with Gasteiger partial charge < -0.3 is 10.0 Å². The molecule has 2 aliphatic rings. The molecule has 0 bridgehead atoms. The van der Waals surface area contributed by atoms with Gasteiger partial charge in [0.25, 0.3) is 5.91 Å². The number of piperidine rings is 1. The number of aryl methyl sites for hydroxylation is 1. The first kappa shape index (κ1) is 26.9. The third-order valence-corrected chi connectivity index (χ3v) is 8.32. The molecule has 3 atom stereocenters. The molecule has 1 aliphatic carbocycles. The number of carbonyl (C=O) groups excluding carboxylic acids is 1. The van der Waals surface area contributed by atoms with Crippen molar-refractivity contribution in [3.63, 3.8) is 0 Å². The Kier molecular flexibility index (Phi) is 7.15. The number of aromatic carboxylic acids is 1. The minimum absolute atomic E-state index is 0.0480. The second-order valence-electron chi connectivity index (χ2n) is 11.1. The predicted molar refractivity (Wildman–Crippen MR) is 151 cm³/mol. The maximum absolute atomic E-state index is 16.0. The van der Waals surface area contributed by atoms with Crippen LogP contribution in [0.3, 0.4) is 0 Å². The summed E-state index contributed by atoms with van der Waals surface area (Å²) < 4.78 is 19.3. The molecule has 2 fully saturated rings. The van der Waals surface area contributed by atoms with E-state index in [-0.39, 0.29) is 34.9 Å². The highest BCUT2D eigenvalue weighted by molar-refractivity contribution is 5.96. The lowest BCUT2D eigenvalue weighted by atomic mass is 9.96. The number of carboxylic acid groups (broad SMARTS) is 1. The number of halogens is 1. The quantitative estimate of drug-likeness (QED) is 0.304. The zero-order chi connectivity index (χ0) is 28.7. The van der Waals surface area contributed by atoms with Crippen LogP contribution in [0.1, 0.15) is 89.4 Å². The zero-order valence-corrected chi connectivity index (χ0v) is 23.2. The summed E-state index contributed by atoms with van der Waals surface area (Å²) in [6, 6.07) is 12.3. The Bertz CT molecular complexity index is 1610. The molecule has 10 heteroatoms. The van der Waals surface area contributed by atoms with Gasteiger partial charge in [-0.25, -0.2) is 13.9 Å². The van der Waals surface area contributed by atoms with E-state index in [1.54, 1.807) is 52.8 Å². The summed E-state index contributed by atoms with van der Waals surface area (Å²) in [5.74, 6) is -1.90. The molecule has 212 valence electrons. The van der Waals surface area contributed by atoms with Crippen LogP contribution in [0, 0.1) is 5.82 Å². The number of carboxylic acids is 1.